The Labute approximate surface area is 124 Å². The molecule has 2 aromatic rings. The molecule has 1 aromatic carbocycles. The van der Waals surface area contributed by atoms with Gasteiger partial charge in [-0.15, -0.1) is 0 Å². The third-order valence-electron chi connectivity index (χ3n) is 2.13. The molecule has 0 radical (unpaired) electrons. The Morgan fingerprint density at radius 1 is 1.32 bits per heavy atom. The Kier molecular flexibility index (Phi) is 4.93. The van der Waals surface area contributed by atoms with Crippen LogP contribution in [0.3, 0.4) is 0 Å². The summed E-state index contributed by atoms with van der Waals surface area (Å²) in [6.45, 7) is 2.81. The summed E-state index contributed by atoms with van der Waals surface area (Å²) in [6, 6.07) is 7.55. The first-order valence-electron chi connectivity index (χ1n) is 5.76. The van der Waals surface area contributed by atoms with Crippen molar-refractivity contribution in [2.75, 3.05) is 11.9 Å². The molecular formula is C12H12BrClN4O. The molecule has 2 rings (SSSR count). The van der Waals surface area contributed by atoms with Crippen molar-refractivity contribution in [3.8, 4) is 11.8 Å². The van der Waals surface area contributed by atoms with Crippen molar-refractivity contribution < 1.29 is 4.74 Å². The summed E-state index contributed by atoms with van der Waals surface area (Å²) in [7, 11) is 0. The second-order valence-corrected chi connectivity index (χ2v) is 4.95. The highest BCUT2D eigenvalue weighted by Crippen LogP contribution is 2.23. The van der Waals surface area contributed by atoms with E-state index in [2.05, 4.69) is 43.1 Å². The Morgan fingerprint density at radius 2 is 2.16 bits per heavy atom. The highest BCUT2D eigenvalue weighted by molar-refractivity contribution is 9.10. The molecule has 0 aliphatic rings. The van der Waals surface area contributed by atoms with Crippen LogP contribution in [0.4, 0.5) is 5.95 Å². The van der Waals surface area contributed by atoms with E-state index in [4.69, 9.17) is 16.3 Å². The summed E-state index contributed by atoms with van der Waals surface area (Å²) in [5, 5.41) is 3.13. The number of hydrogen-bond donors (Lipinski definition) is 1. The lowest BCUT2D eigenvalue weighted by Gasteiger charge is -2.07. The number of anilines is 1. The molecule has 1 heterocycles. The van der Waals surface area contributed by atoms with E-state index in [0.29, 0.717) is 11.7 Å². The van der Waals surface area contributed by atoms with Gasteiger partial charge in [-0.3, -0.25) is 0 Å². The van der Waals surface area contributed by atoms with Gasteiger partial charge in [0.2, 0.25) is 11.2 Å². The van der Waals surface area contributed by atoms with E-state index in [0.717, 1.165) is 17.4 Å². The van der Waals surface area contributed by atoms with Crippen LogP contribution in [0.15, 0.2) is 28.7 Å². The molecular weight excluding hydrogens is 332 g/mol. The average Bonchev–Trinajstić information content (AvgIpc) is 2.35. The quantitative estimate of drug-likeness (QED) is 0.892. The van der Waals surface area contributed by atoms with Crippen LogP contribution in [0.25, 0.3) is 0 Å². The summed E-state index contributed by atoms with van der Waals surface area (Å²) < 4.78 is 6.46. The molecule has 19 heavy (non-hydrogen) atoms. The van der Waals surface area contributed by atoms with Crippen LogP contribution in [0.5, 0.6) is 11.8 Å². The molecule has 0 spiro atoms. The van der Waals surface area contributed by atoms with E-state index < -0.39 is 0 Å². The molecule has 1 aromatic heterocycles. The Balaban J connectivity index is 2.17. The zero-order valence-electron chi connectivity index (χ0n) is 10.2. The predicted octanol–water partition coefficient (Wildman–Crippen LogP) is 3.90. The van der Waals surface area contributed by atoms with Gasteiger partial charge >= 0.3 is 6.01 Å². The molecule has 0 bridgehead atoms. The lowest BCUT2D eigenvalue weighted by molar-refractivity contribution is 0.440. The monoisotopic (exact) mass is 342 g/mol. The largest absolute Gasteiger partial charge is 0.424 e. The number of benzene rings is 1. The standard InChI is InChI=1S/C12H12BrClN4O/c1-2-6-15-11-16-10(14)17-12(18-11)19-9-5-3-4-8(13)7-9/h3-5,7H,2,6H2,1H3,(H,15,16,17,18). The van der Waals surface area contributed by atoms with Crippen LogP contribution < -0.4 is 10.1 Å². The van der Waals surface area contributed by atoms with E-state index in [1.807, 2.05) is 24.3 Å². The molecule has 5 nitrogen and oxygen atoms in total. The summed E-state index contributed by atoms with van der Waals surface area (Å²) in [5.41, 5.74) is 0. The maximum absolute atomic E-state index is 5.83. The second-order valence-electron chi connectivity index (χ2n) is 3.70. The lowest BCUT2D eigenvalue weighted by Crippen LogP contribution is -2.06. The van der Waals surface area contributed by atoms with E-state index in [1.54, 1.807) is 0 Å². The fourth-order valence-corrected chi connectivity index (χ4v) is 1.86. The van der Waals surface area contributed by atoms with Crippen molar-refractivity contribution in [1.29, 1.82) is 0 Å². The van der Waals surface area contributed by atoms with Crippen LogP contribution in [0, 0.1) is 0 Å². The van der Waals surface area contributed by atoms with Gasteiger partial charge in [0.1, 0.15) is 5.75 Å². The van der Waals surface area contributed by atoms with Gasteiger partial charge in [-0.05, 0) is 36.2 Å². The van der Waals surface area contributed by atoms with E-state index >= 15 is 0 Å². The van der Waals surface area contributed by atoms with Crippen LogP contribution >= 0.6 is 27.5 Å². The zero-order chi connectivity index (χ0) is 13.7. The molecule has 0 aliphatic carbocycles. The molecule has 0 fully saturated rings. The highest BCUT2D eigenvalue weighted by atomic mass is 79.9. The van der Waals surface area contributed by atoms with Gasteiger partial charge in [0.05, 0.1) is 0 Å². The van der Waals surface area contributed by atoms with Gasteiger partial charge in [0.15, 0.2) is 0 Å². The van der Waals surface area contributed by atoms with Crippen LogP contribution in [-0.2, 0) is 0 Å². The number of nitrogens with zero attached hydrogens (tertiary/aromatic N) is 3. The highest BCUT2D eigenvalue weighted by Gasteiger charge is 2.07. The predicted molar refractivity (Wildman–Crippen MR) is 77.8 cm³/mol. The Bertz CT molecular complexity index is 567. The average molecular weight is 344 g/mol. The zero-order valence-corrected chi connectivity index (χ0v) is 12.6. The maximum Gasteiger partial charge on any atom is 0.328 e. The number of aromatic nitrogens is 3. The molecule has 7 heteroatoms. The summed E-state index contributed by atoms with van der Waals surface area (Å²) >= 11 is 9.20. The Morgan fingerprint density at radius 3 is 2.89 bits per heavy atom. The molecule has 0 atom stereocenters. The minimum atomic E-state index is 0.0959. The van der Waals surface area contributed by atoms with Crippen molar-refractivity contribution in [1.82, 2.24) is 15.0 Å². The van der Waals surface area contributed by atoms with Crippen LogP contribution in [0.1, 0.15) is 13.3 Å². The molecule has 100 valence electrons. The summed E-state index contributed by atoms with van der Waals surface area (Å²) in [6.07, 6.45) is 0.963. The van der Waals surface area contributed by atoms with Crippen molar-refractivity contribution >= 4 is 33.5 Å². The van der Waals surface area contributed by atoms with E-state index in [9.17, 15) is 0 Å². The van der Waals surface area contributed by atoms with Crippen LogP contribution in [0.2, 0.25) is 5.28 Å². The second kappa shape index (κ2) is 6.68. The number of nitrogens with one attached hydrogen (secondary N) is 1. The van der Waals surface area contributed by atoms with Gasteiger partial charge in [-0.2, -0.15) is 15.0 Å². The van der Waals surface area contributed by atoms with E-state index in [-0.39, 0.29) is 11.3 Å². The minimum absolute atomic E-state index is 0.0959. The first-order chi connectivity index (χ1) is 9.17. The normalized spacial score (nSPS) is 10.3. The fourth-order valence-electron chi connectivity index (χ4n) is 1.33. The molecule has 0 amide bonds. The first-order valence-corrected chi connectivity index (χ1v) is 6.93. The number of ether oxygens (including phenoxy) is 1. The van der Waals surface area contributed by atoms with Gasteiger partial charge < -0.3 is 10.1 Å². The minimum Gasteiger partial charge on any atom is -0.424 e. The van der Waals surface area contributed by atoms with Gasteiger partial charge in [0, 0.05) is 11.0 Å². The van der Waals surface area contributed by atoms with Crippen molar-refractivity contribution in [2.45, 2.75) is 13.3 Å². The number of rotatable bonds is 5. The molecule has 0 saturated heterocycles. The molecule has 0 saturated carbocycles. The number of halogens is 2. The van der Waals surface area contributed by atoms with Gasteiger partial charge in [-0.1, -0.05) is 28.9 Å². The topological polar surface area (TPSA) is 59.9 Å². The van der Waals surface area contributed by atoms with Gasteiger partial charge in [-0.25, -0.2) is 0 Å². The SMILES string of the molecule is CCCNc1nc(Cl)nc(Oc2cccc(Br)c2)n1. The summed E-state index contributed by atoms with van der Waals surface area (Å²) in [4.78, 5) is 12.0. The summed E-state index contributed by atoms with van der Waals surface area (Å²) in [5.74, 6) is 1.03. The van der Waals surface area contributed by atoms with Crippen molar-refractivity contribution in [3.63, 3.8) is 0 Å². The molecule has 0 unspecified atom stereocenters. The smallest absolute Gasteiger partial charge is 0.328 e. The molecule has 1 N–H and O–H groups in total. The van der Waals surface area contributed by atoms with Crippen molar-refractivity contribution in [3.05, 3.63) is 34.0 Å². The van der Waals surface area contributed by atoms with Crippen molar-refractivity contribution in [2.24, 2.45) is 0 Å². The third kappa shape index (κ3) is 4.33. The number of hydrogen-bond acceptors (Lipinski definition) is 5. The van der Waals surface area contributed by atoms with Gasteiger partial charge in [0.25, 0.3) is 0 Å². The molecule has 0 aliphatic heterocycles. The maximum atomic E-state index is 5.83. The third-order valence-corrected chi connectivity index (χ3v) is 2.79. The first kappa shape index (κ1) is 14.0. The van der Waals surface area contributed by atoms with E-state index in [1.165, 1.54) is 0 Å². The van der Waals surface area contributed by atoms with Crippen LogP contribution in [-0.4, -0.2) is 21.5 Å². The Hall–Kier alpha value is -1.40. The lowest BCUT2D eigenvalue weighted by atomic mass is 10.3. The fraction of sp³-hybridized carbons (Fsp3) is 0.250.